The first-order chi connectivity index (χ1) is 9.75. The van der Waals surface area contributed by atoms with E-state index >= 15 is 0 Å². The molecular weight excluding hydrogens is 332 g/mol. The smallest absolute Gasteiger partial charge is 0.257 e. The number of amides is 1. The second-order valence-electron chi connectivity index (χ2n) is 5.73. The number of rotatable bonds is 2. The molecule has 2 aromatic rings. The molecule has 6 heteroatoms. The predicted octanol–water partition coefficient (Wildman–Crippen LogP) is 3.37. The molecule has 5 nitrogen and oxygen atoms in total. The van der Waals surface area contributed by atoms with Crippen molar-refractivity contribution in [3.8, 4) is 0 Å². The van der Waals surface area contributed by atoms with E-state index in [0.29, 0.717) is 17.2 Å². The van der Waals surface area contributed by atoms with Gasteiger partial charge in [-0.1, -0.05) is 20.8 Å². The molecule has 21 heavy (non-hydrogen) atoms. The Labute approximate surface area is 132 Å². The van der Waals surface area contributed by atoms with E-state index in [1.807, 2.05) is 26.8 Å². The van der Waals surface area contributed by atoms with Gasteiger partial charge in [-0.25, -0.2) is 9.97 Å². The molecule has 0 aliphatic rings. The maximum atomic E-state index is 12.3. The second kappa shape index (κ2) is 5.81. The standard InChI is InChI=1S/C15H17BrN4O/c1-15(2,3)11-6-9(7-12(17)19-11)14(21)20-13-5-4-10(16)8-18-13/h4-8H,1-3H3,(H2,17,19)(H,18,20,21). The lowest BCUT2D eigenvalue weighted by molar-refractivity contribution is 0.102. The highest BCUT2D eigenvalue weighted by Crippen LogP contribution is 2.23. The molecule has 2 heterocycles. The highest BCUT2D eigenvalue weighted by atomic mass is 79.9. The van der Waals surface area contributed by atoms with Crippen LogP contribution in [0.4, 0.5) is 11.6 Å². The lowest BCUT2D eigenvalue weighted by atomic mass is 9.90. The Morgan fingerprint density at radius 1 is 1.29 bits per heavy atom. The Balaban J connectivity index is 2.27. The van der Waals surface area contributed by atoms with Gasteiger partial charge >= 0.3 is 0 Å². The molecular formula is C15H17BrN4O. The summed E-state index contributed by atoms with van der Waals surface area (Å²) in [5, 5.41) is 2.74. The third-order valence-electron chi connectivity index (χ3n) is 2.84. The molecule has 0 atom stereocenters. The van der Waals surface area contributed by atoms with Crippen LogP contribution in [-0.2, 0) is 5.41 Å². The number of nitrogens with zero attached hydrogens (tertiary/aromatic N) is 2. The van der Waals surface area contributed by atoms with Crippen LogP contribution in [0.15, 0.2) is 34.9 Å². The van der Waals surface area contributed by atoms with Crippen LogP contribution in [0, 0.1) is 0 Å². The molecule has 0 aromatic carbocycles. The van der Waals surface area contributed by atoms with Gasteiger partial charge in [-0.05, 0) is 40.2 Å². The third kappa shape index (κ3) is 4.01. The van der Waals surface area contributed by atoms with Crippen molar-refractivity contribution in [3.63, 3.8) is 0 Å². The van der Waals surface area contributed by atoms with E-state index in [4.69, 9.17) is 5.73 Å². The van der Waals surface area contributed by atoms with Crippen LogP contribution >= 0.6 is 15.9 Å². The van der Waals surface area contributed by atoms with Gasteiger partial charge in [-0.3, -0.25) is 4.79 Å². The number of aromatic nitrogens is 2. The summed E-state index contributed by atoms with van der Waals surface area (Å²) in [5.74, 6) is 0.552. The summed E-state index contributed by atoms with van der Waals surface area (Å²) < 4.78 is 0.851. The lowest BCUT2D eigenvalue weighted by Crippen LogP contribution is -2.18. The molecule has 0 saturated heterocycles. The topological polar surface area (TPSA) is 80.9 Å². The van der Waals surface area contributed by atoms with Crippen molar-refractivity contribution in [2.75, 3.05) is 11.1 Å². The minimum absolute atomic E-state index is 0.180. The first-order valence-electron chi connectivity index (χ1n) is 6.46. The fraction of sp³-hybridized carbons (Fsp3) is 0.267. The third-order valence-corrected chi connectivity index (χ3v) is 3.31. The van der Waals surface area contributed by atoms with Gasteiger partial charge in [0.25, 0.3) is 5.91 Å². The highest BCUT2D eigenvalue weighted by molar-refractivity contribution is 9.10. The number of hydrogen-bond donors (Lipinski definition) is 2. The van der Waals surface area contributed by atoms with E-state index in [1.54, 1.807) is 24.4 Å². The number of nitrogens with one attached hydrogen (secondary N) is 1. The molecule has 0 saturated carbocycles. The van der Waals surface area contributed by atoms with Crippen molar-refractivity contribution in [1.29, 1.82) is 0 Å². The van der Waals surface area contributed by atoms with Gasteiger partial charge in [0, 0.05) is 27.3 Å². The second-order valence-corrected chi connectivity index (χ2v) is 6.65. The average molecular weight is 349 g/mol. The van der Waals surface area contributed by atoms with Crippen LogP contribution in [0.2, 0.25) is 0 Å². The molecule has 0 aliphatic heterocycles. The van der Waals surface area contributed by atoms with Crippen molar-refractivity contribution in [1.82, 2.24) is 9.97 Å². The number of carbonyl (C=O) groups excluding carboxylic acids is 1. The average Bonchev–Trinajstić information content (AvgIpc) is 2.39. The summed E-state index contributed by atoms with van der Waals surface area (Å²) >= 11 is 3.30. The summed E-state index contributed by atoms with van der Waals surface area (Å²) in [6.07, 6.45) is 1.62. The van der Waals surface area contributed by atoms with Gasteiger partial charge in [0.2, 0.25) is 0 Å². The van der Waals surface area contributed by atoms with Gasteiger partial charge < -0.3 is 11.1 Å². The Bertz CT molecular complexity index is 662. The van der Waals surface area contributed by atoms with Gasteiger partial charge in [0.1, 0.15) is 11.6 Å². The number of pyridine rings is 2. The van der Waals surface area contributed by atoms with E-state index < -0.39 is 0 Å². The SMILES string of the molecule is CC(C)(C)c1cc(C(=O)Nc2ccc(Br)cn2)cc(N)n1. The zero-order chi connectivity index (χ0) is 15.6. The Morgan fingerprint density at radius 2 is 2.00 bits per heavy atom. The Hall–Kier alpha value is -1.95. The van der Waals surface area contributed by atoms with Crippen LogP contribution in [-0.4, -0.2) is 15.9 Å². The van der Waals surface area contributed by atoms with Crippen molar-refractivity contribution in [3.05, 3.63) is 46.2 Å². The molecule has 0 spiro atoms. The summed E-state index contributed by atoms with van der Waals surface area (Å²) in [4.78, 5) is 20.7. The van der Waals surface area contributed by atoms with Crippen LogP contribution in [0.1, 0.15) is 36.8 Å². The lowest BCUT2D eigenvalue weighted by Gasteiger charge is -2.19. The van der Waals surface area contributed by atoms with Gasteiger partial charge in [-0.15, -0.1) is 0 Å². The van der Waals surface area contributed by atoms with Crippen LogP contribution in [0.3, 0.4) is 0 Å². The maximum Gasteiger partial charge on any atom is 0.257 e. The van der Waals surface area contributed by atoms with E-state index in [-0.39, 0.29) is 11.3 Å². The number of nitrogens with two attached hydrogens (primary N) is 1. The largest absolute Gasteiger partial charge is 0.384 e. The molecule has 3 N–H and O–H groups in total. The van der Waals surface area contributed by atoms with Crippen molar-refractivity contribution < 1.29 is 4.79 Å². The minimum Gasteiger partial charge on any atom is -0.384 e. The number of anilines is 2. The van der Waals surface area contributed by atoms with E-state index in [0.717, 1.165) is 10.2 Å². The fourth-order valence-corrected chi connectivity index (χ4v) is 1.94. The summed E-state index contributed by atoms with van der Waals surface area (Å²) in [5.41, 5.74) is 6.86. The molecule has 0 fully saturated rings. The van der Waals surface area contributed by atoms with Gasteiger partial charge in [-0.2, -0.15) is 0 Å². The maximum absolute atomic E-state index is 12.3. The fourth-order valence-electron chi connectivity index (χ4n) is 1.71. The normalized spacial score (nSPS) is 11.2. The number of carbonyl (C=O) groups is 1. The van der Waals surface area contributed by atoms with E-state index in [1.165, 1.54) is 0 Å². The minimum atomic E-state index is -0.260. The Kier molecular flexibility index (Phi) is 4.27. The summed E-state index contributed by atoms with van der Waals surface area (Å²) in [6.45, 7) is 6.06. The highest BCUT2D eigenvalue weighted by Gasteiger charge is 2.19. The van der Waals surface area contributed by atoms with Crippen molar-refractivity contribution in [2.45, 2.75) is 26.2 Å². The quantitative estimate of drug-likeness (QED) is 0.871. The Morgan fingerprint density at radius 3 is 2.57 bits per heavy atom. The number of halogens is 1. The molecule has 1 amide bonds. The van der Waals surface area contributed by atoms with Crippen LogP contribution in [0.5, 0.6) is 0 Å². The molecule has 0 aliphatic carbocycles. The first-order valence-corrected chi connectivity index (χ1v) is 7.26. The van der Waals surface area contributed by atoms with Crippen LogP contribution < -0.4 is 11.1 Å². The van der Waals surface area contributed by atoms with Crippen molar-refractivity contribution in [2.24, 2.45) is 0 Å². The van der Waals surface area contributed by atoms with E-state index in [2.05, 4.69) is 31.2 Å². The predicted molar refractivity (Wildman–Crippen MR) is 87.2 cm³/mol. The van der Waals surface area contributed by atoms with E-state index in [9.17, 15) is 4.79 Å². The van der Waals surface area contributed by atoms with Crippen molar-refractivity contribution >= 4 is 33.5 Å². The van der Waals surface area contributed by atoms with Gasteiger partial charge in [0.15, 0.2) is 0 Å². The number of hydrogen-bond acceptors (Lipinski definition) is 4. The molecule has 0 radical (unpaired) electrons. The monoisotopic (exact) mass is 348 g/mol. The summed E-state index contributed by atoms with van der Waals surface area (Å²) in [7, 11) is 0. The first kappa shape index (κ1) is 15.4. The molecule has 2 rings (SSSR count). The number of nitrogen functional groups attached to an aromatic ring is 1. The molecule has 2 aromatic heterocycles. The summed E-state index contributed by atoms with van der Waals surface area (Å²) in [6, 6.07) is 6.84. The molecule has 0 unspecified atom stereocenters. The molecule has 0 bridgehead atoms. The van der Waals surface area contributed by atoms with Gasteiger partial charge in [0.05, 0.1) is 0 Å². The zero-order valence-electron chi connectivity index (χ0n) is 12.1. The van der Waals surface area contributed by atoms with Crippen LogP contribution in [0.25, 0.3) is 0 Å². The zero-order valence-corrected chi connectivity index (χ0v) is 13.7. The molecule has 110 valence electrons.